The zero-order chi connectivity index (χ0) is 9.26. The molecule has 0 N–H and O–H groups in total. The van der Waals surface area contributed by atoms with Crippen LogP contribution in [0, 0.1) is 0 Å². The number of pyridine rings is 1. The summed E-state index contributed by atoms with van der Waals surface area (Å²) in [5, 5.41) is 3.09. The van der Waals surface area contributed by atoms with E-state index >= 15 is 0 Å². The Bertz CT molecular complexity index is 447. The normalized spacial score (nSPS) is 10.2. The van der Waals surface area contributed by atoms with E-state index in [0.29, 0.717) is 5.88 Å². The monoisotopic (exact) mass is 191 g/mol. The molecular formula is C10H9NOS. The molecule has 0 atom stereocenters. The Morgan fingerprint density at radius 3 is 3.15 bits per heavy atom. The number of rotatable bonds is 2. The fraction of sp³-hybridized carbons (Fsp3) is 0.100. The maximum atomic E-state index is 5.15. The molecule has 0 fully saturated rings. The Balaban J connectivity index is 2.81. The number of fused-ring (bicyclic) bond motifs is 1. The number of hydrogen-bond donors (Lipinski definition) is 0. The average molecular weight is 191 g/mol. The van der Waals surface area contributed by atoms with Crippen LogP contribution in [0.2, 0.25) is 0 Å². The molecule has 2 heterocycles. The third-order valence-corrected chi connectivity index (χ3v) is 2.86. The van der Waals surface area contributed by atoms with E-state index < -0.39 is 0 Å². The lowest BCUT2D eigenvalue weighted by atomic mass is 10.2. The maximum absolute atomic E-state index is 5.15. The van der Waals surface area contributed by atoms with Crippen LogP contribution in [0.5, 0.6) is 5.88 Å². The van der Waals surface area contributed by atoms with E-state index in [4.69, 9.17) is 4.74 Å². The number of methoxy groups -OCH3 is 1. The van der Waals surface area contributed by atoms with Crippen molar-refractivity contribution in [2.45, 2.75) is 0 Å². The van der Waals surface area contributed by atoms with Crippen LogP contribution in [0.1, 0.15) is 5.56 Å². The van der Waals surface area contributed by atoms with Crippen molar-refractivity contribution in [2.75, 3.05) is 7.11 Å². The second kappa shape index (κ2) is 3.18. The lowest BCUT2D eigenvalue weighted by Gasteiger charge is -2.01. The lowest BCUT2D eigenvalue weighted by Crippen LogP contribution is -1.88. The summed E-state index contributed by atoms with van der Waals surface area (Å²) >= 11 is 1.68. The van der Waals surface area contributed by atoms with Gasteiger partial charge in [-0.05, 0) is 11.4 Å². The molecule has 13 heavy (non-hydrogen) atoms. The highest BCUT2D eigenvalue weighted by molar-refractivity contribution is 7.17. The van der Waals surface area contributed by atoms with Crippen LogP contribution in [0.15, 0.2) is 24.2 Å². The van der Waals surface area contributed by atoms with Crippen molar-refractivity contribution in [3.8, 4) is 5.88 Å². The SMILES string of the molecule is C=Cc1cnc(OC)c2ccsc12. The van der Waals surface area contributed by atoms with Crippen molar-refractivity contribution in [2.24, 2.45) is 0 Å². The molecule has 0 unspecified atom stereocenters. The van der Waals surface area contributed by atoms with Crippen molar-refractivity contribution in [3.63, 3.8) is 0 Å². The highest BCUT2D eigenvalue weighted by atomic mass is 32.1. The minimum atomic E-state index is 0.682. The van der Waals surface area contributed by atoms with E-state index in [-0.39, 0.29) is 0 Å². The standard InChI is InChI=1S/C10H9NOS/c1-3-7-6-11-10(12-2)8-4-5-13-9(7)8/h3-6H,1H2,2H3. The molecule has 2 nitrogen and oxygen atoms in total. The van der Waals surface area contributed by atoms with Gasteiger partial charge in [-0.25, -0.2) is 4.98 Å². The van der Waals surface area contributed by atoms with E-state index in [1.807, 2.05) is 17.5 Å². The van der Waals surface area contributed by atoms with Gasteiger partial charge in [0.2, 0.25) is 5.88 Å². The molecule has 0 saturated carbocycles. The quantitative estimate of drug-likeness (QED) is 0.728. The fourth-order valence-corrected chi connectivity index (χ4v) is 2.16. The predicted octanol–water partition coefficient (Wildman–Crippen LogP) is 2.95. The minimum absolute atomic E-state index is 0.682. The molecule has 2 aromatic rings. The summed E-state index contributed by atoms with van der Waals surface area (Å²) in [5.41, 5.74) is 1.06. The van der Waals surface area contributed by atoms with Gasteiger partial charge in [0.15, 0.2) is 0 Å². The molecule has 0 amide bonds. The van der Waals surface area contributed by atoms with E-state index in [0.717, 1.165) is 10.9 Å². The number of thiophene rings is 1. The first-order chi connectivity index (χ1) is 6.36. The van der Waals surface area contributed by atoms with Crippen LogP contribution in [0.4, 0.5) is 0 Å². The van der Waals surface area contributed by atoms with Crippen LogP contribution in [-0.2, 0) is 0 Å². The summed E-state index contributed by atoms with van der Waals surface area (Å²) in [6.45, 7) is 3.74. The number of ether oxygens (including phenoxy) is 1. The van der Waals surface area contributed by atoms with Gasteiger partial charge in [-0.15, -0.1) is 11.3 Å². The zero-order valence-corrected chi connectivity index (χ0v) is 8.10. The number of nitrogens with zero attached hydrogens (tertiary/aromatic N) is 1. The van der Waals surface area contributed by atoms with Crippen molar-refractivity contribution in [1.29, 1.82) is 0 Å². The molecule has 0 spiro atoms. The van der Waals surface area contributed by atoms with Gasteiger partial charge in [-0.3, -0.25) is 0 Å². The molecule has 0 bridgehead atoms. The Hall–Kier alpha value is -1.35. The lowest BCUT2D eigenvalue weighted by molar-refractivity contribution is 0.403. The van der Waals surface area contributed by atoms with Crippen molar-refractivity contribution in [3.05, 3.63) is 29.8 Å². The van der Waals surface area contributed by atoms with Gasteiger partial charge in [0.25, 0.3) is 0 Å². The average Bonchev–Trinajstić information content (AvgIpc) is 2.64. The van der Waals surface area contributed by atoms with Crippen LogP contribution < -0.4 is 4.74 Å². The summed E-state index contributed by atoms with van der Waals surface area (Å²) in [7, 11) is 1.63. The molecular weight excluding hydrogens is 182 g/mol. The van der Waals surface area contributed by atoms with E-state index in [9.17, 15) is 0 Å². The summed E-state index contributed by atoms with van der Waals surface area (Å²) in [5.74, 6) is 0.682. The van der Waals surface area contributed by atoms with Gasteiger partial charge in [0.05, 0.1) is 12.5 Å². The summed E-state index contributed by atoms with van der Waals surface area (Å²) in [6, 6.07) is 2.01. The third kappa shape index (κ3) is 1.21. The molecule has 0 aromatic carbocycles. The molecule has 0 aliphatic heterocycles. The molecule has 0 radical (unpaired) electrons. The summed E-state index contributed by atoms with van der Waals surface area (Å²) in [4.78, 5) is 4.18. The van der Waals surface area contributed by atoms with Gasteiger partial charge in [-0.2, -0.15) is 0 Å². The highest BCUT2D eigenvalue weighted by Gasteiger charge is 2.06. The largest absolute Gasteiger partial charge is 0.481 e. The molecule has 0 aliphatic rings. The van der Waals surface area contributed by atoms with Gasteiger partial charge >= 0.3 is 0 Å². The van der Waals surface area contributed by atoms with E-state index in [1.54, 1.807) is 24.6 Å². The molecule has 3 heteroatoms. The zero-order valence-electron chi connectivity index (χ0n) is 7.28. The van der Waals surface area contributed by atoms with Gasteiger partial charge in [0, 0.05) is 16.5 Å². The number of hydrogen-bond acceptors (Lipinski definition) is 3. The number of aromatic nitrogens is 1. The molecule has 0 saturated heterocycles. The Kier molecular flexibility index (Phi) is 2.02. The minimum Gasteiger partial charge on any atom is -0.481 e. The predicted molar refractivity (Wildman–Crippen MR) is 56.3 cm³/mol. The Morgan fingerprint density at radius 1 is 1.62 bits per heavy atom. The fourth-order valence-electron chi connectivity index (χ4n) is 1.27. The maximum Gasteiger partial charge on any atom is 0.221 e. The Morgan fingerprint density at radius 2 is 2.46 bits per heavy atom. The van der Waals surface area contributed by atoms with Crippen LogP contribution in [0.25, 0.3) is 16.2 Å². The van der Waals surface area contributed by atoms with Crippen molar-refractivity contribution in [1.82, 2.24) is 4.98 Å². The van der Waals surface area contributed by atoms with E-state index in [2.05, 4.69) is 11.6 Å². The molecule has 2 aromatic heterocycles. The first-order valence-corrected chi connectivity index (χ1v) is 4.77. The van der Waals surface area contributed by atoms with Gasteiger partial charge in [-0.1, -0.05) is 12.7 Å². The molecule has 2 rings (SSSR count). The van der Waals surface area contributed by atoms with Gasteiger partial charge in [0.1, 0.15) is 0 Å². The van der Waals surface area contributed by atoms with Crippen molar-refractivity contribution < 1.29 is 4.74 Å². The summed E-state index contributed by atoms with van der Waals surface area (Å²) in [6.07, 6.45) is 3.59. The van der Waals surface area contributed by atoms with Crippen molar-refractivity contribution >= 4 is 27.5 Å². The molecule has 66 valence electrons. The van der Waals surface area contributed by atoms with Crippen LogP contribution in [0.3, 0.4) is 0 Å². The molecule has 0 aliphatic carbocycles. The second-order valence-corrected chi connectivity index (χ2v) is 3.51. The topological polar surface area (TPSA) is 22.1 Å². The first-order valence-electron chi connectivity index (χ1n) is 3.89. The highest BCUT2D eigenvalue weighted by Crippen LogP contribution is 2.30. The van der Waals surface area contributed by atoms with Crippen LogP contribution in [-0.4, -0.2) is 12.1 Å². The summed E-state index contributed by atoms with van der Waals surface area (Å²) < 4.78 is 6.33. The third-order valence-electron chi connectivity index (χ3n) is 1.89. The van der Waals surface area contributed by atoms with Gasteiger partial charge < -0.3 is 4.74 Å². The first kappa shape index (κ1) is 8.26. The van der Waals surface area contributed by atoms with Crippen LogP contribution >= 0.6 is 11.3 Å². The Labute approximate surface area is 80.5 Å². The van der Waals surface area contributed by atoms with E-state index in [1.165, 1.54) is 4.70 Å². The smallest absolute Gasteiger partial charge is 0.221 e. The second-order valence-electron chi connectivity index (χ2n) is 2.59.